The van der Waals surface area contributed by atoms with E-state index >= 15 is 0 Å². The zero-order valence-corrected chi connectivity index (χ0v) is 19.2. The van der Waals surface area contributed by atoms with E-state index in [1.807, 2.05) is 48.7 Å². The molecule has 2 heterocycles. The lowest BCUT2D eigenvalue weighted by molar-refractivity contribution is 0.0478. The SMILES string of the molecule is COc1cccc(-c2cc(C(=O)OCC(=O)c3cccs3)c3cc(Br)cc(C)c3n2)c1. The normalized spacial score (nSPS) is 10.8. The third kappa shape index (κ3) is 4.52. The van der Waals surface area contributed by atoms with Crippen molar-refractivity contribution < 1.29 is 19.1 Å². The van der Waals surface area contributed by atoms with Crippen molar-refractivity contribution in [1.29, 1.82) is 0 Å². The van der Waals surface area contributed by atoms with Crippen LogP contribution in [-0.2, 0) is 4.74 Å². The number of methoxy groups -OCH3 is 1. The predicted molar refractivity (Wildman–Crippen MR) is 125 cm³/mol. The average Bonchev–Trinajstić information content (AvgIpc) is 3.32. The molecule has 5 nitrogen and oxygen atoms in total. The number of esters is 1. The number of aryl methyl sites for hydroxylation is 1. The number of benzene rings is 2. The zero-order chi connectivity index (χ0) is 22.0. The Labute approximate surface area is 191 Å². The predicted octanol–water partition coefficient (Wildman–Crippen LogP) is 6.08. The number of pyridine rings is 1. The molecule has 7 heteroatoms. The van der Waals surface area contributed by atoms with Gasteiger partial charge in [0, 0.05) is 15.4 Å². The molecule has 0 spiro atoms. The Morgan fingerprint density at radius 2 is 1.94 bits per heavy atom. The summed E-state index contributed by atoms with van der Waals surface area (Å²) < 4.78 is 11.5. The Hall–Kier alpha value is -3.03. The highest BCUT2D eigenvalue weighted by atomic mass is 79.9. The van der Waals surface area contributed by atoms with Crippen molar-refractivity contribution >= 4 is 49.9 Å². The maximum atomic E-state index is 13.0. The summed E-state index contributed by atoms with van der Waals surface area (Å²) in [5, 5.41) is 2.47. The maximum absolute atomic E-state index is 13.0. The number of ether oxygens (including phenoxy) is 2. The first-order valence-corrected chi connectivity index (χ1v) is 11.1. The number of carbonyl (C=O) groups excluding carboxylic acids is 2. The number of thiophene rings is 1. The minimum atomic E-state index is -0.570. The topological polar surface area (TPSA) is 65.5 Å². The van der Waals surface area contributed by atoms with Crippen molar-refractivity contribution in [2.24, 2.45) is 0 Å². The second kappa shape index (κ2) is 8.99. The van der Waals surface area contributed by atoms with Crippen molar-refractivity contribution in [2.75, 3.05) is 13.7 Å². The van der Waals surface area contributed by atoms with Crippen molar-refractivity contribution in [1.82, 2.24) is 4.98 Å². The summed E-state index contributed by atoms with van der Waals surface area (Å²) in [4.78, 5) is 30.6. The van der Waals surface area contributed by atoms with Crippen molar-refractivity contribution in [3.8, 4) is 17.0 Å². The van der Waals surface area contributed by atoms with Gasteiger partial charge in [-0.1, -0.05) is 34.1 Å². The van der Waals surface area contributed by atoms with E-state index in [1.54, 1.807) is 25.3 Å². The number of halogens is 1. The van der Waals surface area contributed by atoms with Crippen LogP contribution < -0.4 is 4.74 Å². The molecule has 0 saturated heterocycles. The van der Waals surface area contributed by atoms with Crippen LogP contribution in [0.15, 0.2) is 64.5 Å². The summed E-state index contributed by atoms with van der Waals surface area (Å²) in [7, 11) is 1.60. The maximum Gasteiger partial charge on any atom is 0.339 e. The minimum Gasteiger partial charge on any atom is -0.497 e. The molecule has 0 aliphatic carbocycles. The zero-order valence-electron chi connectivity index (χ0n) is 16.8. The Morgan fingerprint density at radius 3 is 2.68 bits per heavy atom. The van der Waals surface area contributed by atoms with Crippen LogP contribution in [0, 0.1) is 6.92 Å². The molecule has 0 N–H and O–H groups in total. The van der Waals surface area contributed by atoms with Crippen LogP contribution in [0.1, 0.15) is 25.6 Å². The van der Waals surface area contributed by atoms with Crippen molar-refractivity contribution in [2.45, 2.75) is 6.92 Å². The van der Waals surface area contributed by atoms with Crippen LogP contribution in [0.3, 0.4) is 0 Å². The standard InChI is InChI=1S/C24H18BrNO4S/c1-14-9-16(25)11-18-19(24(28)30-13-21(27)22-7-4-8-31-22)12-20(26-23(14)18)15-5-3-6-17(10-15)29-2/h3-12H,13H2,1-2H3. The molecule has 0 aliphatic rings. The molecule has 0 unspecified atom stereocenters. The van der Waals surface area contributed by atoms with Crippen LogP contribution in [-0.4, -0.2) is 30.5 Å². The largest absolute Gasteiger partial charge is 0.497 e. The number of hydrogen-bond acceptors (Lipinski definition) is 6. The van der Waals surface area contributed by atoms with E-state index < -0.39 is 5.97 Å². The number of Topliss-reactive ketones (excluding diaryl/α,β-unsaturated/α-hetero) is 1. The molecule has 31 heavy (non-hydrogen) atoms. The lowest BCUT2D eigenvalue weighted by Gasteiger charge is -2.12. The molecule has 0 aliphatic heterocycles. The summed E-state index contributed by atoms with van der Waals surface area (Å²) in [6.45, 7) is 1.62. The third-order valence-electron chi connectivity index (χ3n) is 4.78. The van der Waals surface area contributed by atoms with Crippen LogP contribution >= 0.6 is 27.3 Å². The molecule has 0 radical (unpaired) electrons. The monoisotopic (exact) mass is 495 g/mol. The number of ketones is 1. The van der Waals surface area contributed by atoms with Crippen LogP contribution in [0.5, 0.6) is 5.75 Å². The van der Waals surface area contributed by atoms with E-state index in [2.05, 4.69) is 15.9 Å². The summed E-state index contributed by atoms with van der Waals surface area (Å²) in [6.07, 6.45) is 0. The molecule has 156 valence electrons. The molecule has 0 amide bonds. The fourth-order valence-corrected chi connectivity index (χ4v) is 4.50. The Balaban J connectivity index is 1.76. The molecule has 4 rings (SSSR count). The highest BCUT2D eigenvalue weighted by Crippen LogP contribution is 2.31. The molecule has 0 bridgehead atoms. The van der Waals surface area contributed by atoms with Gasteiger partial charge in [0.25, 0.3) is 0 Å². The number of nitrogens with zero attached hydrogens (tertiary/aromatic N) is 1. The number of fused-ring (bicyclic) bond motifs is 1. The van der Waals surface area contributed by atoms with E-state index in [1.165, 1.54) is 11.3 Å². The van der Waals surface area contributed by atoms with Gasteiger partial charge in [-0.25, -0.2) is 9.78 Å². The first-order chi connectivity index (χ1) is 15.0. The van der Waals surface area contributed by atoms with Crippen LogP contribution in [0.25, 0.3) is 22.2 Å². The Kier molecular flexibility index (Phi) is 6.15. The molecule has 0 saturated carbocycles. The first-order valence-electron chi connectivity index (χ1n) is 9.45. The number of rotatable bonds is 6. The molecule has 0 fully saturated rings. The molecule has 0 atom stereocenters. The summed E-state index contributed by atoms with van der Waals surface area (Å²) in [6, 6.07) is 16.5. The highest BCUT2D eigenvalue weighted by Gasteiger charge is 2.19. The van der Waals surface area contributed by atoms with Gasteiger partial charge in [-0.3, -0.25) is 4.79 Å². The lowest BCUT2D eigenvalue weighted by Crippen LogP contribution is -2.14. The van der Waals surface area contributed by atoms with Gasteiger partial charge in [0.2, 0.25) is 5.78 Å². The van der Waals surface area contributed by atoms with Crippen LogP contribution in [0.2, 0.25) is 0 Å². The van der Waals surface area contributed by atoms with Gasteiger partial charge < -0.3 is 9.47 Å². The quantitative estimate of drug-likeness (QED) is 0.239. The Morgan fingerprint density at radius 1 is 1.10 bits per heavy atom. The smallest absolute Gasteiger partial charge is 0.339 e. The molecular weight excluding hydrogens is 478 g/mol. The van der Waals surface area contributed by atoms with Crippen molar-refractivity contribution in [3.63, 3.8) is 0 Å². The van der Waals surface area contributed by atoms with Gasteiger partial charge in [-0.15, -0.1) is 11.3 Å². The van der Waals surface area contributed by atoms with E-state index in [-0.39, 0.29) is 12.4 Å². The Bertz CT molecular complexity index is 1280. The highest BCUT2D eigenvalue weighted by molar-refractivity contribution is 9.10. The molecule has 4 aromatic rings. The van der Waals surface area contributed by atoms with E-state index in [0.717, 1.165) is 15.6 Å². The average molecular weight is 496 g/mol. The molecular formula is C24H18BrNO4S. The fourth-order valence-electron chi connectivity index (χ4n) is 3.27. The lowest BCUT2D eigenvalue weighted by atomic mass is 10.0. The van der Waals surface area contributed by atoms with Gasteiger partial charge >= 0.3 is 5.97 Å². The molecule has 2 aromatic heterocycles. The van der Waals surface area contributed by atoms with E-state index in [9.17, 15) is 9.59 Å². The number of carbonyl (C=O) groups is 2. The summed E-state index contributed by atoms with van der Waals surface area (Å²) >= 11 is 4.81. The van der Waals surface area contributed by atoms with E-state index in [0.29, 0.717) is 32.8 Å². The fraction of sp³-hybridized carbons (Fsp3) is 0.125. The second-order valence-corrected chi connectivity index (χ2v) is 8.75. The van der Waals surface area contributed by atoms with E-state index in [4.69, 9.17) is 14.5 Å². The summed E-state index contributed by atoms with van der Waals surface area (Å²) in [5.41, 5.74) is 3.39. The van der Waals surface area contributed by atoms with Gasteiger partial charge in [0.05, 0.1) is 28.8 Å². The van der Waals surface area contributed by atoms with Gasteiger partial charge in [-0.05, 0) is 54.3 Å². The third-order valence-corrected chi connectivity index (χ3v) is 6.15. The number of aromatic nitrogens is 1. The van der Waals surface area contributed by atoms with Crippen molar-refractivity contribution in [3.05, 3.63) is 80.5 Å². The minimum absolute atomic E-state index is 0.230. The van der Waals surface area contributed by atoms with Gasteiger partial charge in [0.1, 0.15) is 5.75 Å². The van der Waals surface area contributed by atoms with Crippen LogP contribution in [0.4, 0.5) is 0 Å². The summed E-state index contributed by atoms with van der Waals surface area (Å²) in [5.74, 6) is -0.108. The molecule has 2 aromatic carbocycles. The van der Waals surface area contributed by atoms with Gasteiger partial charge in [-0.2, -0.15) is 0 Å². The second-order valence-electron chi connectivity index (χ2n) is 6.88. The van der Waals surface area contributed by atoms with Gasteiger partial charge in [0.15, 0.2) is 6.61 Å². The first kappa shape index (κ1) is 21.2. The number of hydrogen-bond donors (Lipinski definition) is 0.